The van der Waals surface area contributed by atoms with Crippen LogP contribution in [0.4, 0.5) is 9.59 Å². The molecule has 6 aromatic rings. The largest absolute Gasteiger partial charge is 0.480 e. The van der Waals surface area contributed by atoms with Gasteiger partial charge in [-0.1, -0.05) is 139 Å². The molecule has 0 unspecified atom stereocenters. The fourth-order valence-corrected chi connectivity index (χ4v) is 10.1. The van der Waals surface area contributed by atoms with Crippen LogP contribution in [-0.4, -0.2) is 74.3 Å². The summed E-state index contributed by atoms with van der Waals surface area (Å²) in [5, 5.41) is 15.6. The van der Waals surface area contributed by atoms with Crippen LogP contribution in [0.2, 0.25) is 0 Å². The SMILES string of the molecule is Cc1cc(C)c(S(=O)(=O)NC(N)=NCCC[C@@H](CN(C(=O)OCc2ccccc2)[C@@H](Cc2ccc3ccccc3c2)C(=O)O)NC(=O)OCC2c3ccccc3-c3ccccc32)c(C)c1. The van der Waals surface area contributed by atoms with Gasteiger partial charge < -0.3 is 25.6 Å². The molecule has 0 bridgehead atoms. The minimum atomic E-state index is -4.06. The molecule has 1 aliphatic carbocycles. The van der Waals surface area contributed by atoms with Crippen molar-refractivity contribution in [2.75, 3.05) is 19.7 Å². The number of hydrogen-bond donors (Lipinski definition) is 4. The third-order valence-electron chi connectivity index (χ3n) is 11.5. The molecule has 1 aliphatic rings. The van der Waals surface area contributed by atoms with Crippen LogP contribution in [0.3, 0.4) is 0 Å². The molecule has 0 fully saturated rings. The zero-order valence-electron chi connectivity index (χ0n) is 36.6. The lowest BCUT2D eigenvalue weighted by Crippen LogP contribution is -2.53. The molecule has 65 heavy (non-hydrogen) atoms. The summed E-state index contributed by atoms with van der Waals surface area (Å²) in [4.78, 5) is 46.7. The van der Waals surface area contributed by atoms with E-state index < -0.39 is 40.3 Å². The van der Waals surface area contributed by atoms with Crippen molar-refractivity contribution < 1.29 is 37.4 Å². The van der Waals surface area contributed by atoms with Crippen molar-refractivity contribution in [2.24, 2.45) is 10.7 Å². The smallest absolute Gasteiger partial charge is 0.410 e. The normalized spacial score (nSPS) is 13.3. The van der Waals surface area contributed by atoms with Crippen LogP contribution >= 0.6 is 0 Å². The van der Waals surface area contributed by atoms with E-state index in [1.807, 2.05) is 104 Å². The standard InChI is InChI=1S/C51H53N5O8S/c1-33-26-34(2)47(35(3)27-33)65(61,62)55-49(52)53-25-13-18-40(54-50(59)63-32-45-43-21-11-9-19-41(43)42-20-10-12-22-44(42)45)30-56(51(60)64-31-36-14-5-4-6-15-36)46(48(57)58)29-37-23-24-38-16-7-8-17-39(38)28-37/h4-12,14-17,19-24,26-28,40,45-46H,13,18,25,29-32H2,1-3H3,(H,54,59)(H,57,58)(H3,52,53,55)/t40-,46-/m0/s1. The number of nitrogens with zero attached hydrogens (tertiary/aromatic N) is 2. The Labute approximate surface area is 379 Å². The maximum atomic E-state index is 14.1. The number of hydrogen-bond acceptors (Lipinski definition) is 8. The highest BCUT2D eigenvalue weighted by Gasteiger charge is 2.35. The molecule has 0 spiro atoms. The molecule has 6 aromatic carbocycles. The number of amides is 2. The van der Waals surface area contributed by atoms with Gasteiger partial charge in [0.1, 0.15) is 19.3 Å². The number of aryl methyl sites for hydroxylation is 3. The van der Waals surface area contributed by atoms with E-state index in [0.717, 1.165) is 43.5 Å². The Kier molecular flexibility index (Phi) is 14.5. The minimum absolute atomic E-state index is 0.0238. The first-order chi connectivity index (χ1) is 31.3. The van der Waals surface area contributed by atoms with Crippen molar-refractivity contribution in [1.82, 2.24) is 14.9 Å². The second kappa shape index (κ2) is 20.5. The summed E-state index contributed by atoms with van der Waals surface area (Å²) in [5.41, 5.74) is 13.7. The Bertz CT molecular complexity index is 2760. The van der Waals surface area contributed by atoms with Crippen LogP contribution < -0.4 is 15.8 Å². The predicted molar refractivity (Wildman–Crippen MR) is 251 cm³/mol. The second-order valence-corrected chi connectivity index (χ2v) is 18.0. The van der Waals surface area contributed by atoms with Crippen molar-refractivity contribution in [3.05, 3.63) is 172 Å². The molecular weight excluding hydrogens is 843 g/mol. The first kappa shape index (κ1) is 45.8. The molecule has 14 heteroatoms. The van der Waals surface area contributed by atoms with Gasteiger partial charge in [0.25, 0.3) is 10.0 Å². The number of sulfonamides is 1. The van der Waals surface area contributed by atoms with E-state index in [1.165, 1.54) is 0 Å². The Hall–Kier alpha value is -7.19. The number of nitrogens with one attached hydrogen (secondary N) is 2. The van der Waals surface area contributed by atoms with Gasteiger partial charge in [0.15, 0.2) is 0 Å². The third-order valence-corrected chi connectivity index (χ3v) is 13.2. The lowest BCUT2D eigenvalue weighted by Gasteiger charge is -2.32. The second-order valence-electron chi connectivity index (χ2n) is 16.3. The highest BCUT2D eigenvalue weighted by Crippen LogP contribution is 2.44. The minimum Gasteiger partial charge on any atom is -0.480 e. The molecule has 336 valence electrons. The summed E-state index contributed by atoms with van der Waals surface area (Å²) >= 11 is 0. The molecule has 13 nitrogen and oxygen atoms in total. The van der Waals surface area contributed by atoms with E-state index in [0.29, 0.717) is 22.3 Å². The average molecular weight is 896 g/mol. The van der Waals surface area contributed by atoms with Crippen LogP contribution in [0.5, 0.6) is 0 Å². The van der Waals surface area contributed by atoms with Crippen molar-refractivity contribution in [1.29, 1.82) is 0 Å². The highest BCUT2D eigenvalue weighted by molar-refractivity contribution is 7.90. The van der Waals surface area contributed by atoms with E-state index in [2.05, 4.69) is 15.0 Å². The first-order valence-corrected chi connectivity index (χ1v) is 23.0. The number of aliphatic carboxylic acids is 1. The number of carbonyl (C=O) groups excluding carboxylic acids is 2. The Morgan fingerprint density at radius 3 is 2.05 bits per heavy atom. The van der Waals surface area contributed by atoms with Gasteiger partial charge in [-0.15, -0.1) is 0 Å². The molecule has 0 saturated carbocycles. The summed E-state index contributed by atoms with van der Waals surface area (Å²) in [6, 6.07) is 39.6. The van der Waals surface area contributed by atoms with E-state index in [1.54, 1.807) is 50.2 Å². The molecule has 0 saturated heterocycles. The third kappa shape index (κ3) is 11.3. The number of benzene rings is 6. The number of alkyl carbamates (subject to hydrolysis) is 1. The number of ether oxygens (including phenoxy) is 2. The first-order valence-electron chi connectivity index (χ1n) is 21.5. The number of nitrogens with two attached hydrogens (primary N) is 1. The quantitative estimate of drug-likeness (QED) is 0.0396. The molecule has 0 aliphatic heterocycles. The molecule has 0 heterocycles. The maximum absolute atomic E-state index is 14.1. The summed E-state index contributed by atoms with van der Waals surface area (Å²) in [6.45, 7) is 4.97. The van der Waals surface area contributed by atoms with Gasteiger partial charge >= 0.3 is 18.2 Å². The number of carboxylic acid groups (broad SMARTS) is 1. The molecule has 2 atom stereocenters. The van der Waals surface area contributed by atoms with Crippen molar-refractivity contribution in [3.63, 3.8) is 0 Å². The van der Waals surface area contributed by atoms with Gasteiger partial charge in [-0.05, 0) is 88.9 Å². The van der Waals surface area contributed by atoms with Gasteiger partial charge in [0.2, 0.25) is 5.96 Å². The van der Waals surface area contributed by atoms with Gasteiger partial charge in [0, 0.05) is 31.5 Å². The van der Waals surface area contributed by atoms with E-state index >= 15 is 0 Å². The monoisotopic (exact) mass is 895 g/mol. The Morgan fingerprint density at radius 2 is 1.38 bits per heavy atom. The van der Waals surface area contributed by atoms with Crippen LogP contribution in [-0.2, 0) is 37.3 Å². The number of aliphatic imine (C=N–C) groups is 1. The molecule has 5 N–H and O–H groups in total. The van der Waals surface area contributed by atoms with E-state index in [9.17, 15) is 27.9 Å². The number of rotatable bonds is 17. The van der Waals surface area contributed by atoms with Crippen LogP contribution in [0.15, 0.2) is 143 Å². The summed E-state index contributed by atoms with van der Waals surface area (Å²) < 4.78 is 40.8. The lowest BCUT2D eigenvalue weighted by molar-refractivity contribution is -0.142. The predicted octanol–water partition coefficient (Wildman–Crippen LogP) is 8.38. The van der Waals surface area contributed by atoms with Crippen molar-refractivity contribution in [3.8, 4) is 11.1 Å². The zero-order valence-corrected chi connectivity index (χ0v) is 37.4. The fourth-order valence-electron chi connectivity index (χ4n) is 8.65. The molecule has 0 aromatic heterocycles. The maximum Gasteiger partial charge on any atom is 0.410 e. The number of carbonyl (C=O) groups is 3. The van der Waals surface area contributed by atoms with Gasteiger partial charge in [-0.3, -0.25) is 9.89 Å². The summed E-state index contributed by atoms with van der Waals surface area (Å²) in [7, 11) is -4.06. The molecule has 7 rings (SSSR count). The van der Waals surface area contributed by atoms with Gasteiger partial charge in [0.05, 0.1) is 4.90 Å². The van der Waals surface area contributed by atoms with Crippen LogP contribution in [0.1, 0.15) is 57.7 Å². The van der Waals surface area contributed by atoms with Crippen LogP contribution in [0.25, 0.3) is 21.9 Å². The molecular formula is C51H53N5O8S. The van der Waals surface area contributed by atoms with E-state index in [4.69, 9.17) is 15.2 Å². The highest BCUT2D eigenvalue weighted by atomic mass is 32.2. The lowest BCUT2D eigenvalue weighted by atomic mass is 9.98. The van der Waals surface area contributed by atoms with Crippen LogP contribution in [0, 0.1) is 20.8 Å². The number of guanidine groups is 1. The zero-order chi connectivity index (χ0) is 46.1. The fraction of sp³-hybridized carbons (Fsp3) is 0.255. The topological polar surface area (TPSA) is 190 Å². The van der Waals surface area contributed by atoms with Gasteiger partial charge in [-0.25, -0.2) is 27.5 Å². The van der Waals surface area contributed by atoms with Crippen molar-refractivity contribution in [2.45, 2.75) is 69.5 Å². The van der Waals surface area contributed by atoms with Crippen molar-refractivity contribution >= 4 is 44.9 Å². The number of fused-ring (bicyclic) bond motifs is 4. The summed E-state index contributed by atoms with van der Waals surface area (Å²) in [5.74, 6) is -1.81. The summed E-state index contributed by atoms with van der Waals surface area (Å²) in [6.07, 6.45) is -1.31. The molecule has 0 radical (unpaired) electrons. The Morgan fingerprint density at radius 1 is 0.769 bits per heavy atom. The van der Waals surface area contributed by atoms with E-state index in [-0.39, 0.29) is 62.3 Å². The Balaban J connectivity index is 1.13. The number of carboxylic acids is 1. The molecule has 2 amide bonds. The average Bonchev–Trinajstić information content (AvgIpc) is 3.60. The van der Waals surface area contributed by atoms with Gasteiger partial charge in [-0.2, -0.15) is 0 Å².